The molecule has 0 aliphatic carbocycles. The van der Waals surface area contributed by atoms with E-state index < -0.39 is 10.0 Å². The Labute approximate surface area is 97.9 Å². The van der Waals surface area contributed by atoms with Crippen LogP contribution in [-0.2, 0) is 10.0 Å². The number of halogens is 1. The molecule has 0 bridgehead atoms. The van der Waals surface area contributed by atoms with Crippen molar-refractivity contribution < 1.29 is 8.42 Å². The van der Waals surface area contributed by atoms with E-state index in [0.29, 0.717) is 0 Å². The predicted octanol–water partition coefficient (Wildman–Crippen LogP) is 0.586. The Hall–Kier alpha value is 0.160. The average molecular weight is 255 g/mol. The number of sulfonamides is 1. The molecule has 0 amide bonds. The van der Waals surface area contributed by atoms with Gasteiger partial charge in [0.25, 0.3) is 0 Å². The number of nitrogens with one attached hydrogen (secondary N) is 1. The Morgan fingerprint density at radius 3 is 2.13 bits per heavy atom. The van der Waals surface area contributed by atoms with E-state index >= 15 is 0 Å². The summed E-state index contributed by atoms with van der Waals surface area (Å²) in [4.78, 5) is 0. The molecule has 4 nitrogen and oxygen atoms in total. The minimum Gasteiger partial charge on any atom is -0.317 e. The Balaban J connectivity index is 0.00000112. The minimum atomic E-state index is -2.97. The molecule has 0 spiro atoms. The minimum absolute atomic E-state index is 0. The maximum absolute atomic E-state index is 12.1. The second-order valence-corrected chi connectivity index (χ2v) is 6.31. The zero-order valence-corrected chi connectivity index (χ0v) is 10.4. The lowest BCUT2D eigenvalue weighted by Gasteiger charge is -2.27. The number of nitrogens with zero attached hydrogens (tertiary/aromatic N) is 1. The van der Waals surface area contributed by atoms with Gasteiger partial charge in [-0.2, -0.15) is 0 Å². The van der Waals surface area contributed by atoms with Gasteiger partial charge in [0.1, 0.15) is 0 Å². The maximum Gasteiger partial charge on any atom is 0.217 e. The summed E-state index contributed by atoms with van der Waals surface area (Å²) in [5.74, 6) is 0. The van der Waals surface area contributed by atoms with Crippen molar-refractivity contribution in [3.05, 3.63) is 0 Å². The van der Waals surface area contributed by atoms with E-state index in [9.17, 15) is 8.42 Å². The third kappa shape index (κ3) is 2.84. The van der Waals surface area contributed by atoms with Crippen LogP contribution in [0.1, 0.15) is 25.7 Å². The predicted molar refractivity (Wildman–Crippen MR) is 62.9 cm³/mol. The summed E-state index contributed by atoms with van der Waals surface area (Å²) in [5.41, 5.74) is 0. The fraction of sp³-hybridized carbons (Fsp3) is 1.00. The van der Waals surface area contributed by atoms with Crippen molar-refractivity contribution >= 4 is 22.4 Å². The van der Waals surface area contributed by atoms with Crippen molar-refractivity contribution in [2.75, 3.05) is 26.2 Å². The van der Waals surface area contributed by atoms with E-state index in [0.717, 1.165) is 51.9 Å². The molecule has 0 atom stereocenters. The van der Waals surface area contributed by atoms with Gasteiger partial charge in [0.15, 0.2) is 0 Å². The third-order valence-corrected chi connectivity index (χ3v) is 5.53. The fourth-order valence-corrected chi connectivity index (χ4v) is 4.27. The van der Waals surface area contributed by atoms with Gasteiger partial charge in [-0.1, -0.05) is 0 Å². The molecule has 2 aliphatic heterocycles. The largest absolute Gasteiger partial charge is 0.317 e. The van der Waals surface area contributed by atoms with E-state index in [1.807, 2.05) is 0 Å². The summed E-state index contributed by atoms with van der Waals surface area (Å²) in [6, 6.07) is 0. The van der Waals surface area contributed by atoms with Gasteiger partial charge in [-0.15, -0.1) is 12.4 Å². The molecule has 0 radical (unpaired) electrons. The third-order valence-electron chi connectivity index (χ3n) is 3.13. The summed E-state index contributed by atoms with van der Waals surface area (Å²) in [5, 5.41) is 3.07. The van der Waals surface area contributed by atoms with Crippen molar-refractivity contribution in [3.63, 3.8) is 0 Å². The van der Waals surface area contributed by atoms with Gasteiger partial charge < -0.3 is 5.32 Å². The van der Waals surface area contributed by atoms with Crippen molar-refractivity contribution in [1.82, 2.24) is 9.62 Å². The first-order chi connectivity index (χ1) is 6.71. The first-order valence-corrected chi connectivity index (χ1v) is 6.91. The molecular weight excluding hydrogens is 236 g/mol. The molecule has 0 aromatic carbocycles. The zero-order chi connectivity index (χ0) is 10.0. The van der Waals surface area contributed by atoms with Crippen LogP contribution in [0.25, 0.3) is 0 Å². The number of piperidine rings is 1. The van der Waals surface area contributed by atoms with E-state index in [1.165, 1.54) is 0 Å². The standard InChI is InChI=1S/C9H18N2O2S.ClH/c12-14(13,11-7-1-2-8-11)9-3-5-10-6-4-9;/h9-10H,1-8H2;1H. The summed E-state index contributed by atoms with van der Waals surface area (Å²) in [6.45, 7) is 3.17. The van der Waals surface area contributed by atoms with Crippen LogP contribution in [0.15, 0.2) is 0 Å². The van der Waals surface area contributed by atoms with Gasteiger partial charge in [0.05, 0.1) is 5.25 Å². The zero-order valence-electron chi connectivity index (χ0n) is 8.81. The summed E-state index contributed by atoms with van der Waals surface area (Å²) < 4.78 is 25.9. The molecule has 0 aromatic rings. The normalized spacial score (nSPS) is 25.1. The van der Waals surface area contributed by atoms with Gasteiger partial charge in [-0.25, -0.2) is 12.7 Å². The van der Waals surface area contributed by atoms with Crippen LogP contribution >= 0.6 is 12.4 Å². The first kappa shape index (κ1) is 13.2. The van der Waals surface area contributed by atoms with Crippen molar-refractivity contribution in [2.24, 2.45) is 0 Å². The summed E-state index contributed by atoms with van der Waals surface area (Å²) in [7, 11) is -2.97. The van der Waals surface area contributed by atoms with Gasteiger partial charge in [0, 0.05) is 13.1 Å². The van der Waals surface area contributed by atoms with E-state index in [1.54, 1.807) is 4.31 Å². The van der Waals surface area contributed by atoms with Crippen LogP contribution in [0.5, 0.6) is 0 Å². The second-order valence-electron chi connectivity index (χ2n) is 4.10. The van der Waals surface area contributed by atoms with Crippen molar-refractivity contribution in [1.29, 1.82) is 0 Å². The molecule has 6 heteroatoms. The lowest BCUT2D eigenvalue weighted by atomic mass is 10.2. The highest BCUT2D eigenvalue weighted by atomic mass is 35.5. The van der Waals surface area contributed by atoms with Gasteiger partial charge >= 0.3 is 0 Å². The smallest absolute Gasteiger partial charge is 0.217 e. The summed E-state index contributed by atoms with van der Waals surface area (Å²) in [6.07, 6.45) is 3.62. The fourth-order valence-electron chi connectivity index (χ4n) is 2.25. The van der Waals surface area contributed by atoms with Crippen molar-refractivity contribution in [2.45, 2.75) is 30.9 Å². The number of hydrogen-bond donors (Lipinski definition) is 1. The number of hydrogen-bond acceptors (Lipinski definition) is 3. The topological polar surface area (TPSA) is 49.4 Å². The number of rotatable bonds is 2. The Morgan fingerprint density at radius 1 is 1.07 bits per heavy atom. The van der Waals surface area contributed by atoms with E-state index in [4.69, 9.17) is 0 Å². The van der Waals surface area contributed by atoms with Crippen LogP contribution in [0.3, 0.4) is 0 Å². The molecule has 2 fully saturated rings. The molecule has 0 saturated carbocycles. The molecule has 2 aliphatic rings. The highest BCUT2D eigenvalue weighted by Gasteiger charge is 2.33. The molecular formula is C9H19ClN2O2S. The van der Waals surface area contributed by atoms with Crippen LogP contribution < -0.4 is 5.32 Å². The Kier molecular flexibility index (Phi) is 4.83. The lowest BCUT2D eigenvalue weighted by Crippen LogP contribution is -2.42. The van der Waals surface area contributed by atoms with Gasteiger partial charge in [0.2, 0.25) is 10.0 Å². The van der Waals surface area contributed by atoms with Gasteiger partial charge in [-0.05, 0) is 38.8 Å². The van der Waals surface area contributed by atoms with Crippen LogP contribution in [-0.4, -0.2) is 44.2 Å². The Bertz CT molecular complexity index is 282. The maximum atomic E-state index is 12.1. The molecule has 2 rings (SSSR count). The molecule has 2 saturated heterocycles. The molecule has 15 heavy (non-hydrogen) atoms. The van der Waals surface area contributed by atoms with Gasteiger partial charge in [-0.3, -0.25) is 0 Å². The molecule has 90 valence electrons. The Morgan fingerprint density at radius 2 is 1.60 bits per heavy atom. The molecule has 1 N–H and O–H groups in total. The van der Waals surface area contributed by atoms with Crippen LogP contribution in [0, 0.1) is 0 Å². The second kappa shape index (κ2) is 5.48. The highest BCUT2D eigenvalue weighted by molar-refractivity contribution is 7.89. The first-order valence-electron chi connectivity index (χ1n) is 5.41. The molecule has 2 heterocycles. The summed E-state index contributed by atoms with van der Waals surface area (Å²) >= 11 is 0. The monoisotopic (exact) mass is 254 g/mol. The molecule has 0 unspecified atom stereocenters. The van der Waals surface area contributed by atoms with E-state index in [-0.39, 0.29) is 17.7 Å². The molecule has 0 aromatic heterocycles. The van der Waals surface area contributed by atoms with Crippen molar-refractivity contribution in [3.8, 4) is 0 Å². The van der Waals surface area contributed by atoms with Crippen LogP contribution in [0.2, 0.25) is 0 Å². The lowest BCUT2D eigenvalue weighted by molar-refractivity contribution is 0.435. The SMILES string of the molecule is Cl.O=S(=O)(C1CCNCC1)N1CCCC1. The van der Waals surface area contributed by atoms with E-state index in [2.05, 4.69) is 5.32 Å². The average Bonchev–Trinajstić information content (AvgIpc) is 2.72. The quantitative estimate of drug-likeness (QED) is 0.785. The highest BCUT2D eigenvalue weighted by Crippen LogP contribution is 2.21. The van der Waals surface area contributed by atoms with Crippen LogP contribution in [0.4, 0.5) is 0 Å².